The van der Waals surface area contributed by atoms with Crippen LogP contribution in [0.25, 0.3) is 0 Å². The van der Waals surface area contributed by atoms with E-state index in [0.717, 1.165) is 0 Å². The van der Waals surface area contributed by atoms with Gasteiger partial charge in [-0.25, -0.2) is 4.98 Å². The summed E-state index contributed by atoms with van der Waals surface area (Å²) in [6.07, 6.45) is 2.01. The molecule has 134 valence electrons. The quantitative estimate of drug-likeness (QED) is 0.653. The Balaban J connectivity index is 1.96. The maximum atomic E-state index is 12.1. The maximum absolute atomic E-state index is 12.1. The standard InChI is InChI=1S/C14H16Cl2N6O2S/c1-2-22-11(4-3-10(17)23)20-21-14(22)25-7-12(24)19-13-9(16)5-8(15)6-18-13/h5-6H,2-4,7H2,1H3,(H2,17,23)(H,18,19,24). The monoisotopic (exact) mass is 402 g/mol. The molecule has 0 bridgehead atoms. The van der Waals surface area contributed by atoms with Crippen LogP contribution in [0.1, 0.15) is 19.2 Å². The molecule has 0 radical (unpaired) electrons. The third kappa shape index (κ3) is 5.58. The van der Waals surface area contributed by atoms with Crippen molar-refractivity contribution < 1.29 is 9.59 Å². The van der Waals surface area contributed by atoms with Gasteiger partial charge in [0.2, 0.25) is 11.8 Å². The summed E-state index contributed by atoms with van der Waals surface area (Å²) in [7, 11) is 0. The molecule has 2 heterocycles. The number of nitrogens with one attached hydrogen (secondary N) is 1. The summed E-state index contributed by atoms with van der Waals surface area (Å²) >= 11 is 13.0. The minimum Gasteiger partial charge on any atom is -0.370 e. The van der Waals surface area contributed by atoms with E-state index in [9.17, 15) is 9.59 Å². The molecule has 0 spiro atoms. The normalized spacial score (nSPS) is 10.7. The van der Waals surface area contributed by atoms with Crippen molar-refractivity contribution in [3.8, 4) is 0 Å². The van der Waals surface area contributed by atoms with Crippen molar-refractivity contribution >= 4 is 52.6 Å². The number of aromatic nitrogens is 4. The third-order valence-corrected chi connectivity index (χ3v) is 4.56. The molecule has 0 saturated carbocycles. The number of aryl methyl sites for hydroxylation is 1. The number of rotatable bonds is 8. The van der Waals surface area contributed by atoms with Crippen LogP contribution in [0.15, 0.2) is 17.4 Å². The van der Waals surface area contributed by atoms with Crippen LogP contribution in [0.2, 0.25) is 10.0 Å². The minimum absolute atomic E-state index is 0.106. The van der Waals surface area contributed by atoms with Crippen LogP contribution in [0, 0.1) is 0 Å². The van der Waals surface area contributed by atoms with Crippen LogP contribution < -0.4 is 11.1 Å². The fourth-order valence-electron chi connectivity index (χ4n) is 1.97. The largest absolute Gasteiger partial charge is 0.370 e. The van der Waals surface area contributed by atoms with E-state index in [1.165, 1.54) is 24.0 Å². The Morgan fingerprint density at radius 3 is 2.76 bits per heavy atom. The molecule has 0 fully saturated rings. The molecule has 0 aliphatic carbocycles. The Bertz CT molecular complexity index is 783. The molecule has 0 aliphatic rings. The van der Waals surface area contributed by atoms with Crippen molar-refractivity contribution in [2.75, 3.05) is 11.1 Å². The highest BCUT2D eigenvalue weighted by Crippen LogP contribution is 2.23. The fourth-order valence-corrected chi connectivity index (χ4v) is 3.22. The first-order valence-corrected chi connectivity index (χ1v) is 9.09. The first-order valence-electron chi connectivity index (χ1n) is 7.34. The number of thioether (sulfide) groups is 1. The summed E-state index contributed by atoms with van der Waals surface area (Å²) in [5.41, 5.74) is 5.15. The van der Waals surface area contributed by atoms with Gasteiger partial charge in [0.1, 0.15) is 5.82 Å². The first-order chi connectivity index (χ1) is 11.9. The van der Waals surface area contributed by atoms with Crippen molar-refractivity contribution in [1.82, 2.24) is 19.7 Å². The number of primary amides is 1. The lowest BCUT2D eigenvalue weighted by Gasteiger charge is -2.08. The van der Waals surface area contributed by atoms with E-state index in [1.807, 2.05) is 11.5 Å². The van der Waals surface area contributed by atoms with Crippen molar-refractivity contribution in [2.24, 2.45) is 5.73 Å². The molecule has 8 nitrogen and oxygen atoms in total. The molecule has 0 aromatic carbocycles. The third-order valence-electron chi connectivity index (χ3n) is 3.10. The number of hydrogen-bond donors (Lipinski definition) is 2. The smallest absolute Gasteiger partial charge is 0.236 e. The number of hydrogen-bond acceptors (Lipinski definition) is 6. The van der Waals surface area contributed by atoms with Crippen LogP contribution in [-0.4, -0.2) is 37.3 Å². The molecule has 25 heavy (non-hydrogen) atoms. The predicted molar refractivity (Wildman–Crippen MR) is 96.8 cm³/mol. The summed E-state index contributed by atoms with van der Waals surface area (Å²) in [4.78, 5) is 26.9. The molecule has 2 amide bonds. The minimum atomic E-state index is -0.397. The molecule has 2 aromatic heterocycles. The molecular formula is C14H16Cl2N6O2S. The number of nitrogens with two attached hydrogens (primary N) is 1. The zero-order chi connectivity index (χ0) is 18.4. The molecule has 0 saturated heterocycles. The second-order valence-corrected chi connectivity index (χ2v) is 6.72. The number of carbonyl (C=O) groups is 2. The molecule has 3 N–H and O–H groups in total. The van der Waals surface area contributed by atoms with Gasteiger partial charge in [0.05, 0.1) is 15.8 Å². The van der Waals surface area contributed by atoms with E-state index < -0.39 is 5.91 Å². The zero-order valence-corrected chi connectivity index (χ0v) is 15.7. The summed E-state index contributed by atoms with van der Waals surface area (Å²) in [6, 6.07) is 1.50. The van der Waals surface area contributed by atoms with Crippen LogP contribution in [0.3, 0.4) is 0 Å². The molecular weight excluding hydrogens is 387 g/mol. The Labute approximate surface area is 158 Å². The van der Waals surface area contributed by atoms with E-state index in [1.54, 1.807) is 0 Å². The maximum Gasteiger partial charge on any atom is 0.236 e. The number of carbonyl (C=O) groups excluding carboxylic acids is 2. The second-order valence-electron chi connectivity index (χ2n) is 4.93. The van der Waals surface area contributed by atoms with Gasteiger partial charge in [-0.15, -0.1) is 10.2 Å². The highest BCUT2D eigenvalue weighted by Gasteiger charge is 2.14. The van der Waals surface area contributed by atoms with Gasteiger partial charge in [-0.2, -0.15) is 0 Å². The van der Waals surface area contributed by atoms with Gasteiger partial charge >= 0.3 is 0 Å². The summed E-state index contributed by atoms with van der Waals surface area (Å²) < 4.78 is 1.84. The second kappa shape index (κ2) is 9.02. The van der Waals surface area contributed by atoms with Crippen molar-refractivity contribution in [2.45, 2.75) is 31.5 Å². The Kier molecular flexibility index (Phi) is 7.03. The van der Waals surface area contributed by atoms with Crippen molar-refractivity contribution in [3.63, 3.8) is 0 Å². The fraction of sp³-hybridized carbons (Fsp3) is 0.357. The SMILES string of the molecule is CCn1c(CCC(N)=O)nnc1SCC(=O)Nc1ncc(Cl)cc1Cl. The number of amides is 2. The Morgan fingerprint density at radius 2 is 2.12 bits per heavy atom. The highest BCUT2D eigenvalue weighted by molar-refractivity contribution is 7.99. The van der Waals surface area contributed by atoms with Crippen LogP contribution in [0.4, 0.5) is 5.82 Å². The summed E-state index contributed by atoms with van der Waals surface area (Å²) in [5.74, 6) is 0.328. The van der Waals surface area contributed by atoms with E-state index >= 15 is 0 Å². The molecule has 2 rings (SSSR count). The number of nitrogens with zero attached hydrogens (tertiary/aromatic N) is 4. The van der Waals surface area contributed by atoms with E-state index in [0.29, 0.717) is 29.0 Å². The zero-order valence-electron chi connectivity index (χ0n) is 13.3. The average molecular weight is 403 g/mol. The summed E-state index contributed by atoms with van der Waals surface area (Å²) in [5, 5.41) is 12.0. The molecule has 0 atom stereocenters. The topological polar surface area (TPSA) is 116 Å². The van der Waals surface area contributed by atoms with Gasteiger partial charge in [-0.3, -0.25) is 9.59 Å². The van der Waals surface area contributed by atoms with Crippen molar-refractivity contribution in [1.29, 1.82) is 0 Å². The lowest BCUT2D eigenvalue weighted by atomic mass is 10.3. The van der Waals surface area contributed by atoms with Crippen LogP contribution in [0.5, 0.6) is 0 Å². The number of pyridine rings is 1. The van der Waals surface area contributed by atoms with Gasteiger partial charge < -0.3 is 15.6 Å². The first kappa shape index (κ1) is 19.5. The van der Waals surface area contributed by atoms with Crippen LogP contribution in [-0.2, 0) is 22.6 Å². The van der Waals surface area contributed by atoms with Crippen LogP contribution >= 0.6 is 35.0 Å². The average Bonchev–Trinajstić information content (AvgIpc) is 2.95. The molecule has 2 aromatic rings. The van der Waals surface area contributed by atoms with Gasteiger partial charge in [-0.1, -0.05) is 35.0 Å². The summed E-state index contributed by atoms with van der Waals surface area (Å²) in [6.45, 7) is 2.55. The predicted octanol–water partition coefficient (Wildman–Crippen LogP) is 2.15. The van der Waals surface area contributed by atoms with E-state index in [4.69, 9.17) is 28.9 Å². The highest BCUT2D eigenvalue weighted by atomic mass is 35.5. The van der Waals surface area contributed by atoms with Gasteiger partial charge in [0.15, 0.2) is 11.0 Å². The molecule has 11 heteroatoms. The van der Waals surface area contributed by atoms with Gasteiger partial charge in [0, 0.05) is 25.6 Å². The van der Waals surface area contributed by atoms with E-state index in [-0.39, 0.29) is 28.9 Å². The lowest BCUT2D eigenvalue weighted by Crippen LogP contribution is -2.16. The van der Waals surface area contributed by atoms with Gasteiger partial charge in [-0.05, 0) is 13.0 Å². The Hall–Kier alpha value is -1.84. The molecule has 0 unspecified atom stereocenters. The number of halogens is 2. The molecule has 0 aliphatic heterocycles. The lowest BCUT2D eigenvalue weighted by molar-refractivity contribution is -0.118. The number of anilines is 1. The van der Waals surface area contributed by atoms with E-state index in [2.05, 4.69) is 20.5 Å². The van der Waals surface area contributed by atoms with Gasteiger partial charge in [0.25, 0.3) is 0 Å². The van der Waals surface area contributed by atoms with Crippen molar-refractivity contribution in [3.05, 3.63) is 28.1 Å². The Morgan fingerprint density at radius 1 is 1.36 bits per heavy atom.